The summed E-state index contributed by atoms with van der Waals surface area (Å²) in [5.41, 5.74) is 2.30. The second-order valence-electron chi connectivity index (χ2n) is 3.69. The first-order chi connectivity index (χ1) is 8.04. The average Bonchev–Trinajstić information content (AvgIpc) is 2.57. The summed E-state index contributed by atoms with van der Waals surface area (Å²) in [6.07, 6.45) is 0. The molecule has 90 valence electrons. The predicted molar refractivity (Wildman–Crippen MR) is 65.8 cm³/mol. The Labute approximate surface area is 103 Å². The van der Waals surface area contributed by atoms with Gasteiger partial charge in [-0.25, -0.2) is 14.3 Å². The van der Waals surface area contributed by atoms with E-state index in [-0.39, 0.29) is 5.56 Å². The fourth-order valence-electron chi connectivity index (χ4n) is 1.73. The van der Waals surface area contributed by atoms with Crippen LogP contribution < -0.4 is 0 Å². The number of nitrogens with zero attached hydrogens (tertiary/aromatic N) is 3. The van der Waals surface area contributed by atoms with Crippen molar-refractivity contribution >= 4 is 23.4 Å². The molecule has 0 spiro atoms. The molecule has 0 saturated carbocycles. The highest BCUT2D eigenvalue weighted by molar-refractivity contribution is 7.99. The Hall–Kier alpha value is -1.56. The maximum atomic E-state index is 11.3. The van der Waals surface area contributed by atoms with Gasteiger partial charge in [-0.1, -0.05) is 6.92 Å². The van der Waals surface area contributed by atoms with E-state index in [1.165, 1.54) is 11.8 Å². The van der Waals surface area contributed by atoms with Crippen molar-refractivity contribution in [2.24, 2.45) is 0 Å². The van der Waals surface area contributed by atoms with Crippen molar-refractivity contribution < 1.29 is 9.90 Å². The van der Waals surface area contributed by atoms with Crippen molar-refractivity contribution in [1.82, 2.24) is 14.6 Å². The van der Waals surface area contributed by atoms with Crippen LogP contribution in [0.3, 0.4) is 0 Å². The number of thioether (sulfide) groups is 1. The topological polar surface area (TPSA) is 67.5 Å². The minimum absolute atomic E-state index is 0.198. The lowest BCUT2D eigenvalue weighted by atomic mass is 10.3. The lowest BCUT2D eigenvalue weighted by molar-refractivity contribution is 0.0695. The van der Waals surface area contributed by atoms with Gasteiger partial charge in [0.25, 0.3) is 0 Å². The van der Waals surface area contributed by atoms with Crippen LogP contribution in [-0.2, 0) is 0 Å². The van der Waals surface area contributed by atoms with Gasteiger partial charge in [0.1, 0.15) is 10.6 Å². The summed E-state index contributed by atoms with van der Waals surface area (Å²) in [5, 5.41) is 14.1. The van der Waals surface area contributed by atoms with E-state index in [9.17, 15) is 9.90 Å². The molecule has 17 heavy (non-hydrogen) atoms. The van der Waals surface area contributed by atoms with E-state index in [2.05, 4.69) is 10.1 Å². The second-order valence-corrected chi connectivity index (χ2v) is 4.95. The molecule has 1 N–H and O–H groups in total. The Morgan fingerprint density at radius 1 is 1.53 bits per heavy atom. The normalized spacial score (nSPS) is 11.0. The van der Waals surface area contributed by atoms with Crippen LogP contribution in [0.5, 0.6) is 0 Å². The summed E-state index contributed by atoms with van der Waals surface area (Å²) >= 11 is 1.42. The summed E-state index contributed by atoms with van der Waals surface area (Å²) < 4.78 is 1.59. The van der Waals surface area contributed by atoms with Crippen LogP contribution in [0.1, 0.15) is 28.7 Å². The van der Waals surface area contributed by atoms with Crippen LogP contribution in [0.2, 0.25) is 0 Å². The summed E-state index contributed by atoms with van der Waals surface area (Å²) in [4.78, 5) is 15.6. The quantitative estimate of drug-likeness (QED) is 0.847. The molecule has 2 aromatic heterocycles. The molecule has 5 nitrogen and oxygen atoms in total. The molecule has 0 atom stereocenters. The van der Waals surface area contributed by atoms with E-state index in [4.69, 9.17) is 0 Å². The van der Waals surface area contributed by atoms with E-state index in [0.29, 0.717) is 10.7 Å². The van der Waals surface area contributed by atoms with Crippen molar-refractivity contribution in [3.8, 4) is 0 Å². The molecule has 0 aromatic carbocycles. The maximum absolute atomic E-state index is 11.3. The van der Waals surface area contributed by atoms with Crippen LogP contribution in [0, 0.1) is 13.8 Å². The Balaban J connectivity index is 2.80. The van der Waals surface area contributed by atoms with Crippen molar-refractivity contribution in [1.29, 1.82) is 0 Å². The molecular formula is C11H13N3O2S. The number of hydrogen-bond donors (Lipinski definition) is 1. The lowest BCUT2D eigenvalue weighted by Crippen LogP contribution is -2.01. The molecule has 2 rings (SSSR count). The van der Waals surface area contributed by atoms with Gasteiger partial charge < -0.3 is 5.11 Å². The molecule has 0 radical (unpaired) electrons. The summed E-state index contributed by atoms with van der Waals surface area (Å²) in [6, 6.07) is 1.88. The summed E-state index contributed by atoms with van der Waals surface area (Å²) in [7, 11) is 0. The Bertz CT molecular complexity index is 592. The molecule has 2 aromatic rings. The first-order valence-electron chi connectivity index (χ1n) is 5.27. The maximum Gasteiger partial charge on any atom is 0.342 e. The van der Waals surface area contributed by atoms with Crippen molar-refractivity contribution in [2.75, 3.05) is 5.75 Å². The molecule has 0 fully saturated rings. The third kappa shape index (κ3) is 2.00. The lowest BCUT2D eigenvalue weighted by Gasteiger charge is -2.00. The van der Waals surface area contributed by atoms with Gasteiger partial charge in [-0.2, -0.15) is 5.10 Å². The average molecular weight is 251 g/mol. The summed E-state index contributed by atoms with van der Waals surface area (Å²) in [5.74, 6) is -0.198. The Morgan fingerprint density at radius 2 is 2.24 bits per heavy atom. The van der Waals surface area contributed by atoms with Crippen molar-refractivity contribution in [3.63, 3.8) is 0 Å². The summed E-state index contributed by atoms with van der Waals surface area (Å²) in [6.45, 7) is 5.70. The second kappa shape index (κ2) is 4.37. The zero-order valence-electron chi connectivity index (χ0n) is 9.89. The minimum atomic E-state index is -0.978. The zero-order valence-corrected chi connectivity index (χ0v) is 10.7. The molecular weight excluding hydrogens is 238 g/mol. The molecule has 0 bridgehead atoms. The predicted octanol–water partition coefficient (Wildman–Crippen LogP) is 2.16. The first-order valence-corrected chi connectivity index (χ1v) is 6.26. The molecule has 0 unspecified atom stereocenters. The number of rotatable bonds is 3. The number of aromatic nitrogens is 3. The van der Waals surface area contributed by atoms with Gasteiger partial charge in [0.2, 0.25) is 0 Å². The highest BCUT2D eigenvalue weighted by Gasteiger charge is 2.21. The molecule has 0 aliphatic heterocycles. The monoisotopic (exact) mass is 251 g/mol. The molecule has 0 aliphatic carbocycles. The van der Waals surface area contributed by atoms with Crippen LogP contribution in [0.4, 0.5) is 0 Å². The fraction of sp³-hybridized carbons (Fsp3) is 0.364. The highest BCUT2D eigenvalue weighted by Crippen LogP contribution is 2.25. The van der Waals surface area contributed by atoms with Crippen molar-refractivity contribution in [2.45, 2.75) is 25.8 Å². The molecule has 2 heterocycles. The van der Waals surface area contributed by atoms with Gasteiger partial charge in [0.15, 0.2) is 5.65 Å². The van der Waals surface area contributed by atoms with Gasteiger partial charge in [0, 0.05) is 11.4 Å². The van der Waals surface area contributed by atoms with Gasteiger partial charge >= 0.3 is 5.97 Å². The van der Waals surface area contributed by atoms with Crippen LogP contribution in [0.25, 0.3) is 5.65 Å². The van der Waals surface area contributed by atoms with Crippen molar-refractivity contribution in [3.05, 3.63) is 23.0 Å². The highest BCUT2D eigenvalue weighted by atomic mass is 32.2. The largest absolute Gasteiger partial charge is 0.477 e. The minimum Gasteiger partial charge on any atom is -0.477 e. The van der Waals surface area contributed by atoms with E-state index in [0.717, 1.165) is 17.1 Å². The fourth-order valence-corrected chi connectivity index (χ4v) is 2.46. The number of fused-ring (bicyclic) bond motifs is 1. The zero-order chi connectivity index (χ0) is 12.6. The number of carbonyl (C=O) groups is 1. The van der Waals surface area contributed by atoms with Gasteiger partial charge in [-0.05, 0) is 25.7 Å². The number of aromatic carboxylic acids is 1. The van der Waals surface area contributed by atoms with Crippen LogP contribution in [0.15, 0.2) is 11.1 Å². The molecule has 0 saturated heterocycles. The first kappa shape index (κ1) is 11.9. The van der Waals surface area contributed by atoms with Crippen LogP contribution >= 0.6 is 11.8 Å². The SMILES string of the molecule is CCSc1nn2c(C)cc(C)nc2c1C(=O)O. The number of carboxylic acid groups (broad SMARTS) is 1. The number of carboxylic acids is 1. The van der Waals surface area contributed by atoms with E-state index >= 15 is 0 Å². The van der Waals surface area contributed by atoms with Gasteiger partial charge in [0.05, 0.1) is 0 Å². The Morgan fingerprint density at radius 3 is 2.82 bits per heavy atom. The van der Waals surface area contributed by atoms with E-state index in [1.807, 2.05) is 26.8 Å². The standard InChI is InChI=1S/C11H13N3O2S/c1-4-17-10-8(11(15)16)9-12-6(2)5-7(3)14(9)13-10/h5H,4H2,1-3H3,(H,15,16). The number of aryl methyl sites for hydroxylation is 2. The van der Waals surface area contributed by atoms with Gasteiger partial charge in [-0.15, -0.1) is 11.8 Å². The van der Waals surface area contributed by atoms with Gasteiger partial charge in [-0.3, -0.25) is 0 Å². The molecule has 6 heteroatoms. The molecule has 0 amide bonds. The number of hydrogen-bond acceptors (Lipinski definition) is 4. The molecule has 0 aliphatic rings. The third-order valence-corrected chi connectivity index (χ3v) is 3.21. The third-order valence-electron chi connectivity index (χ3n) is 2.36. The Kier molecular flexibility index (Phi) is 3.06. The smallest absolute Gasteiger partial charge is 0.342 e. The van der Waals surface area contributed by atoms with E-state index < -0.39 is 5.97 Å². The van der Waals surface area contributed by atoms with E-state index in [1.54, 1.807) is 4.52 Å². The van der Waals surface area contributed by atoms with Crippen LogP contribution in [-0.4, -0.2) is 31.4 Å².